The molecule has 1 unspecified atom stereocenters. The molecule has 2 aromatic carbocycles. The number of carboxylic acid groups (broad SMARTS) is 2. The Morgan fingerprint density at radius 3 is 2.31 bits per heavy atom. The first-order chi connectivity index (χ1) is 24.7. The summed E-state index contributed by atoms with van der Waals surface area (Å²) in [5.41, 5.74) is 6.19. The summed E-state index contributed by atoms with van der Waals surface area (Å²) in [6.45, 7) is 2.41. The molecule has 4 rings (SSSR count). The Hall–Kier alpha value is -5.13. The second-order valence-electron chi connectivity index (χ2n) is 12.3. The van der Waals surface area contributed by atoms with Gasteiger partial charge in [0.25, 0.3) is 11.8 Å². The van der Waals surface area contributed by atoms with Gasteiger partial charge in [-0.3, -0.25) is 14.4 Å². The zero-order valence-electron chi connectivity index (χ0n) is 29.1. The first-order valence-corrected chi connectivity index (χ1v) is 16.6. The molecule has 0 spiro atoms. The highest BCUT2D eigenvalue weighted by molar-refractivity contribution is 6.34. The SMILES string of the molecule is COc1ccc(-c2cnc(C(=O)Nc3ccc(C(=O)N4CCN(C(=O)CCC[N+](C)(CCCN)CC(=O)O)CC4)c(Cl)c3)n2C)c(F)c1F.O=C[O-]. The Morgan fingerprint density at radius 2 is 1.71 bits per heavy atom. The van der Waals surface area contributed by atoms with Gasteiger partial charge in [0.05, 0.1) is 49.7 Å². The molecule has 1 atom stereocenters. The molecule has 3 aromatic rings. The van der Waals surface area contributed by atoms with Crippen molar-refractivity contribution in [1.82, 2.24) is 19.4 Å². The molecule has 282 valence electrons. The van der Waals surface area contributed by atoms with Gasteiger partial charge < -0.3 is 49.6 Å². The van der Waals surface area contributed by atoms with E-state index in [1.165, 1.54) is 55.3 Å². The standard InChI is InChI=1S/C33H40ClF2N7O6.CH2O2/c1-40-25(23-9-10-26(49-3)30(36)29(23)35)19-38-31(40)32(47)39-21-7-8-22(24(34)18-21)33(48)42-14-12-41(13-15-42)27(44)6-4-16-43(2,17-5-11-37)20-28(45)46;2-1-3/h7-10,18-19H,4-6,11-17,20,37H2,1-3H3,(H-,39,45,46,47,48);1H,(H,2,3). The zero-order valence-corrected chi connectivity index (χ0v) is 29.8. The molecule has 0 radical (unpaired) electrons. The molecule has 1 aliphatic rings. The van der Waals surface area contributed by atoms with E-state index in [0.29, 0.717) is 63.1 Å². The van der Waals surface area contributed by atoms with Crippen LogP contribution in [-0.2, 0) is 21.4 Å². The number of methoxy groups -OCH3 is 1. The molecule has 1 saturated heterocycles. The summed E-state index contributed by atoms with van der Waals surface area (Å²) in [6.07, 6.45) is 2.76. The molecule has 1 fully saturated rings. The third-order valence-corrected chi connectivity index (χ3v) is 8.93. The van der Waals surface area contributed by atoms with Crippen molar-refractivity contribution < 1.29 is 52.2 Å². The lowest BCUT2D eigenvalue weighted by molar-refractivity contribution is -0.902. The van der Waals surface area contributed by atoms with Crippen LogP contribution in [0, 0.1) is 11.6 Å². The van der Waals surface area contributed by atoms with Gasteiger partial charge in [0.2, 0.25) is 11.7 Å². The number of nitrogens with zero attached hydrogens (tertiary/aromatic N) is 5. The van der Waals surface area contributed by atoms with E-state index in [9.17, 15) is 33.1 Å². The maximum atomic E-state index is 14.7. The fourth-order valence-corrected chi connectivity index (χ4v) is 6.14. The number of hydrogen-bond donors (Lipinski definition) is 3. The van der Waals surface area contributed by atoms with Crippen LogP contribution in [0.4, 0.5) is 14.5 Å². The fourth-order valence-electron chi connectivity index (χ4n) is 5.88. The largest absolute Gasteiger partial charge is 0.554 e. The number of nitrogens with one attached hydrogen (secondary N) is 1. The lowest BCUT2D eigenvalue weighted by Crippen LogP contribution is -2.51. The normalized spacial score (nSPS) is 13.8. The number of likely N-dealkylation sites (N-methyl/N-ethyl adjacent to an activating group) is 1. The smallest absolute Gasteiger partial charge is 0.359 e. The molecule has 0 bridgehead atoms. The highest BCUT2D eigenvalue weighted by atomic mass is 35.5. The number of hydrogen-bond acceptors (Lipinski definition) is 9. The van der Waals surface area contributed by atoms with Crippen LogP contribution in [0.2, 0.25) is 5.02 Å². The number of imidazole rings is 1. The molecule has 1 aromatic heterocycles. The van der Waals surface area contributed by atoms with E-state index in [2.05, 4.69) is 10.3 Å². The Bertz CT molecular complexity index is 1770. The lowest BCUT2D eigenvalue weighted by atomic mass is 10.1. The van der Waals surface area contributed by atoms with Crippen LogP contribution in [0.1, 0.15) is 40.2 Å². The third kappa shape index (κ3) is 10.5. The molecule has 15 nitrogen and oxygen atoms in total. The van der Waals surface area contributed by atoms with Crippen LogP contribution in [0.25, 0.3) is 11.3 Å². The molecular weight excluding hydrogens is 708 g/mol. The molecular formula is C34H42ClF2N7O8. The highest BCUT2D eigenvalue weighted by Gasteiger charge is 2.29. The summed E-state index contributed by atoms with van der Waals surface area (Å²) in [5, 5.41) is 20.3. The molecule has 52 heavy (non-hydrogen) atoms. The van der Waals surface area contributed by atoms with E-state index in [4.69, 9.17) is 32.0 Å². The number of carbonyl (C=O) groups is 5. The van der Waals surface area contributed by atoms with Crippen LogP contribution in [0.3, 0.4) is 0 Å². The zero-order chi connectivity index (χ0) is 38.6. The lowest BCUT2D eigenvalue weighted by Gasteiger charge is -2.36. The van der Waals surface area contributed by atoms with Gasteiger partial charge in [0.15, 0.2) is 23.9 Å². The van der Waals surface area contributed by atoms with E-state index in [1.54, 1.807) is 9.80 Å². The number of aliphatic carboxylic acids is 1. The fraction of sp³-hybridized carbons (Fsp3) is 0.412. The van der Waals surface area contributed by atoms with Gasteiger partial charge in [0, 0.05) is 70.2 Å². The van der Waals surface area contributed by atoms with Gasteiger partial charge >= 0.3 is 5.97 Å². The minimum Gasteiger partial charge on any atom is -0.554 e. The van der Waals surface area contributed by atoms with E-state index < -0.39 is 30.0 Å². The number of piperazine rings is 1. The van der Waals surface area contributed by atoms with Crippen molar-refractivity contribution in [1.29, 1.82) is 0 Å². The monoisotopic (exact) mass is 749 g/mol. The van der Waals surface area contributed by atoms with Gasteiger partial charge in [-0.2, -0.15) is 4.39 Å². The number of rotatable bonds is 14. The Kier molecular flexibility index (Phi) is 15.0. The van der Waals surface area contributed by atoms with Gasteiger partial charge in [-0.1, -0.05) is 11.6 Å². The van der Waals surface area contributed by atoms with Crippen LogP contribution in [-0.4, -0.2) is 126 Å². The van der Waals surface area contributed by atoms with Gasteiger partial charge in [-0.25, -0.2) is 14.2 Å². The molecule has 4 N–H and O–H groups in total. The topological polar surface area (TPSA) is 200 Å². The minimum absolute atomic E-state index is 0.0349. The summed E-state index contributed by atoms with van der Waals surface area (Å²) < 4.78 is 35.4. The van der Waals surface area contributed by atoms with Crippen molar-refractivity contribution in [2.24, 2.45) is 12.8 Å². The number of benzene rings is 2. The Morgan fingerprint density at radius 1 is 1.08 bits per heavy atom. The number of nitrogens with two attached hydrogens (primary N) is 1. The molecule has 0 saturated carbocycles. The number of amides is 3. The summed E-state index contributed by atoms with van der Waals surface area (Å²) >= 11 is 6.46. The number of anilines is 1. The number of carbonyl (C=O) groups excluding carboxylic acids is 4. The van der Waals surface area contributed by atoms with Crippen LogP contribution < -0.4 is 20.9 Å². The molecule has 2 heterocycles. The van der Waals surface area contributed by atoms with Gasteiger partial charge in [0.1, 0.15) is 0 Å². The number of aromatic nitrogens is 2. The number of ether oxygens (including phenoxy) is 1. The second-order valence-corrected chi connectivity index (χ2v) is 12.7. The Labute approximate surface area is 304 Å². The third-order valence-electron chi connectivity index (χ3n) is 8.62. The van der Waals surface area contributed by atoms with E-state index in [-0.39, 0.29) is 63.9 Å². The van der Waals surface area contributed by atoms with E-state index in [0.717, 1.165) is 0 Å². The maximum absolute atomic E-state index is 14.7. The van der Waals surface area contributed by atoms with Crippen molar-refractivity contribution >= 4 is 47.5 Å². The number of quaternary nitrogens is 1. The molecule has 0 aliphatic carbocycles. The summed E-state index contributed by atoms with van der Waals surface area (Å²) in [5.74, 6) is -4.53. The highest BCUT2D eigenvalue weighted by Crippen LogP contribution is 2.30. The van der Waals surface area contributed by atoms with Crippen LogP contribution in [0.5, 0.6) is 5.75 Å². The van der Waals surface area contributed by atoms with Crippen LogP contribution in [0.15, 0.2) is 36.5 Å². The molecule has 18 heteroatoms. The first-order valence-electron chi connectivity index (χ1n) is 16.2. The number of carboxylic acids is 1. The molecule has 3 amide bonds. The van der Waals surface area contributed by atoms with Gasteiger partial charge in [-0.15, -0.1) is 0 Å². The first kappa shape index (κ1) is 41.3. The van der Waals surface area contributed by atoms with Crippen molar-refractivity contribution in [2.45, 2.75) is 19.3 Å². The minimum atomic E-state index is -1.16. The van der Waals surface area contributed by atoms with E-state index >= 15 is 0 Å². The van der Waals surface area contributed by atoms with Crippen molar-refractivity contribution in [3.05, 3.63) is 64.6 Å². The van der Waals surface area contributed by atoms with Crippen molar-refractivity contribution in [3.63, 3.8) is 0 Å². The predicted molar refractivity (Wildman–Crippen MR) is 184 cm³/mol. The second kappa shape index (κ2) is 18.9. The van der Waals surface area contributed by atoms with Crippen molar-refractivity contribution in [3.8, 4) is 17.0 Å². The van der Waals surface area contributed by atoms with Gasteiger partial charge in [-0.05, 0) is 36.9 Å². The van der Waals surface area contributed by atoms with Crippen molar-refractivity contribution in [2.75, 3.05) is 71.8 Å². The Balaban J connectivity index is 0.00000235. The predicted octanol–water partition coefficient (Wildman–Crippen LogP) is 1.59. The summed E-state index contributed by atoms with van der Waals surface area (Å²) in [7, 11) is 4.57. The van der Waals surface area contributed by atoms with Crippen LogP contribution >= 0.6 is 11.6 Å². The summed E-state index contributed by atoms with van der Waals surface area (Å²) in [6, 6.07) is 7.05. The quantitative estimate of drug-likeness (QED) is 0.161. The number of halogens is 3. The average Bonchev–Trinajstić information content (AvgIpc) is 3.49. The summed E-state index contributed by atoms with van der Waals surface area (Å²) in [4.78, 5) is 66.2. The molecule has 1 aliphatic heterocycles. The van der Waals surface area contributed by atoms with E-state index in [1.807, 2.05) is 7.05 Å². The maximum Gasteiger partial charge on any atom is 0.359 e. The average molecular weight is 750 g/mol.